The number of nitriles is 1. The molecule has 0 aliphatic carbocycles. The van der Waals surface area contributed by atoms with Crippen molar-refractivity contribution in [1.29, 1.82) is 5.26 Å². The summed E-state index contributed by atoms with van der Waals surface area (Å²) in [5.74, 6) is 0.832. The van der Waals surface area contributed by atoms with E-state index in [0.29, 0.717) is 18.8 Å². The Balaban J connectivity index is 1.81. The largest absolute Gasteiger partial charge is 0.367 e. The highest BCUT2D eigenvalue weighted by Crippen LogP contribution is 2.27. The van der Waals surface area contributed by atoms with Gasteiger partial charge in [0.2, 0.25) is 0 Å². The first kappa shape index (κ1) is 14.0. The average Bonchev–Trinajstić information content (AvgIpc) is 2.94. The summed E-state index contributed by atoms with van der Waals surface area (Å²) in [6, 6.07) is 6.05. The average molecular weight is 300 g/mol. The topological polar surface area (TPSA) is 62.0 Å². The van der Waals surface area contributed by atoms with Gasteiger partial charge in [-0.1, -0.05) is 6.07 Å². The van der Waals surface area contributed by atoms with Crippen LogP contribution in [0.2, 0.25) is 0 Å². The molecule has 0 N–H and O–H groups in total. The quantitative estimate of drug-likeness (QED) is 0.853. The molecule has 1 fully saturated rings. The van der Waals surface area contributed by atoms with Crippen molar-refractivity contribution in [2.24, 2.45) is 0 Å². The Labute approximate surface area is 127 Å². The molecule has 3 heterocycles. The molecular weight excluding hydrogens is 284 g/mol. The molecule has 1 aliphatic heterocycles. The van der Waals surface area contributed by atoms with E-state index in [0.717, 1.165) is 28.6 Å². The van der Waals surface area contributed by atoms with E-state index < -0.39 is 0 Å². The number of morpholine rings is 1. The van der Waals surface area contributed by atoms with Gasteiger partial charge < -0.3 is 9.64 Å². The van der Waals surface area contributed by atoms with Crippen molar-refractivity contribution in [3.05, 3.63) is 39.5 Å². The third-order valence-corrected chi connectivity index (χ3v) is 4.55. The van der Waals surface area contributed by atoms with Gasteiger partial charge >= 0.3 is 0 Å². The van der Waals surface area contributed by atoms with Gasteiger partial charge in [0.25, 0.3) is 0 Å². The predicted molar refractivity (Wildman–Crippen MR) is 81.4 cm³/mol. The van der Waals surface area contributed by atoms with Crippen molar-refractivity contribution in [3.63, 3.8) is 0 Å². The molecule has 2 aromatic rings. The van der Waals surface area contributed by atoms with Gasteiger partial charge in [-0.25, -0.2) is 9.97 Å². The van der Waals surface area contributed by atoms with E-state index in [9.17, 15) is 0 Å². The fourth-order valence-electron chi connectivity index (χ4n) is 2.33. The summed E-state index contributed by atoms with van der Waals surface area (Å²) in [7, 11) is 0. The number of hydrogen-bond acceptors (Lipinski definition) is 6. The lowest BCUT2D eigenvalue weighted by Gasteiger charge is -2.33. The van der Waals surface area contributed by atoms with Gasteiger partial charge in [0.15, 0.2) is 0 Å². The second-order valence-corrected chi connectivity index (χ2v) is 5.97. The molecule has 21 heavy (non-hydrogen) atoms. The van der Waals surface area contributed by atoms with Crippen LogP contribution in [-0.2, 0) is 4.74 Å². The SMILES string of the molecule is Cc1csc(C2CN(c3ccc(C)c(C#N)n3)CCO2)n1. The van der Waals surface area contributed by atoms with Crippen LogP contribution in [0, 0.1) is 25.2 Å². The van der Waals surface area contributed by atoms with Crippen molar-refractivity contribution >= 4 is 17.2 Å². The van der Waals surface area contributed by atoms with Crippen molar-refractivity contribution in [2.75, 3.05) is 24.6 Å². The second kappa shape index (κ2) is 5.80. The van der Waals surface area contributed by atoms with Gasteiger partial charge in [0, 0.05) is 17.6 Å². The van der Waals surface area contributed by atoms with Gasteiger partial charge in [-0.2, -0.15) is 5.26 Å². The van der Waals surface area contributed by atoms with Crippen molar-refractivity contribution < 1.29 is 4.74 Å². The van der Waals surface area contributed by atoms with E-state index in [1.54, 1.807) is 11.3 Å². The fourth-order valence-corrected chi connectivity index (χ4v) is 3.17. The van der Waals surface area contributed by atoms with Crippen LogP contribution in [0.5, 0.6) is 0 Å². The van der Waals surface area contributed by atoms with Crippen LogP contribution in [0.25, 0.3) is 0 Å². The number of aromatic nitrogens is 2. The minimum absolute atomic E-state index is 0.0221. The predicted octanol–water partition coefficient (Wildman–Crippen LogP) is 2.60. The zero-order valence-electron chi connectivity index (χ0n) is 12.0. The standard InChI is InChI=1S/C15H16N4OS/c1-10-3-4-14(18-12(10)7-16)19-5-6-20-13(8-19)15-17-11(2)9-21-15/h3-4,9,13H,5-6,8H2,1-2H3. The van der Waals surface area contributed by atoms with Crippen LogP contribution < -0.4 is 4.90 Å². The van der Waals surface area contributed by atoms with E-state index in [-0.39, 0.29) is 6.10 Å². The Bertz CT molecular complexity index is 691. The number of anilines is 1. The number of aryl methyl sites for hydroxylation is 2. The number of hydrogen-bond donors (Lipinski definition) is 0. The van der Waals surface area contributed by atoms with E-state index in [4.69, 9.17) is 10.00 Å². The molecule has 5 nitrogen and oxygen atoms in total. The van der Waals surface area contributed by atoms with Gasteiger partial charge in [-0.15, -0.1) is 11.3 Å². The Morgan fingerprint density at radius 1 is 1.38 bits per heavy atom. The van der Waals surface area contributed by atoms with Crippen LogP contribution in [0.3, 0.4) is 0 Å². The summed E-state index contributed by atoms with van der Waals surface area (Å²) >= 11 is 1.63. The normalized spacial score (nSPS) is 18.5. The molecule has 1 aliphatic rings. The molecule has 0 bridgehead atoms. The van der Waals surface area contributed by atoms with Gasteiger partial charge in [-0.05, 0) is 25.5 Å². The summed E-state index contributed by atoms with van der Waals surface area (Å²) < 4.78 is 5.82. The van der Waals surface area contributed by atoms with Crippen molar-refractivity contribution in [1.82, 2.24) is 9.97 Å². The highest BCUT2D eigenvalue weighted by atomic mass is 32.1. The third kappa shape index (κ3) is 2.89. The Morgan fingerprint density at radius 3 is 2.95 bits per heavy atom. The van der Waals surface area contributed by atoms with Crippen LogP contribution in [0.1, 0.15) is 28.1 Å². The summed E-state index contributed by atoms with van der Waals surface area (Å²) in [6.07, 6.45) is -0.0221. The van der Waals surface area contributed by atoms with Gasteiger partial charge in [0.05, 0.1) is 13.2 Å². The molecule has 1 saturated heterocycles. The summed E-state index contributed by atoms with van der Waals surface area (Å²) in [5.41, 5.74) is 2.41. The molecule has 0 aromatic carbocycles. The van der Waals surface area contributed by atoms with Gasteiger partial charge in [0.1, 0.15) is 28.7 Å². The van der Waals surface area contributed by atoms with Crippen LogP contribution in [0.4, 0.5) is 5.82 Å². The van der Waals surface area contributed by atoms with E-state index in [1.165, 1.54) is 0 Å². The lowest BCUT2D eigenvalue weighted by molar-refractivity contribution is 0.0393. The number of rotatable bonds is 2. The Kier molecular flexibility index (Phi) is 3.86. The van der Waals surface area contributed by atoms with Crippen LogP contribution >= 0.6 is 11.3 Å². The lowest BCUT2D eigenvalue weighted by atomic mass is 10.2. The zero-order valence-corrected chi connectivity index (χ0v) is 12.9. The molecule has 0 amide bonds. The molecule has 1 atom stereocenters. The molecule has 1 unspecified atom stereocenters. The van der Waals surface area contributed by atoms with Crippen molar-refractivity contribution in [2.45, 2.75) is 20.0 Å². The first-order valence-corrected chi connectivity index (χ1v) is 7.71. The first-order chi connectivity index (χ1) is 10.2. The van der Waals surface area contributed by atoms with Gasteiger partial charge in [-0.3, -0.25) is 0 Å². The third-order valence-electron chi connectivity index (χ3n) is 3.49. The Morgan fingerprint density at radius 2 is 2.24 bits per heavy atom. The van der Waals surface area contributed by atoms with E-state index >= 15 is 0 Å². The molecule has 2 aromatic heterocycles. The number of nitrogens with zero attached hydrogens (tertiary/aromatic N) is 4. The van der Waals surface area contributed by atoms with Crippen LogP contribution in [-0.4, -0.2) is 29.7 Å². The monoisotopic (exact) mass is 300 g/mol. The number of ether oxygens (including phenoxy) is 1. The minimum Gasteiger partial charge on any atom is -0.367 e. The van der Waals surface area contributed by atoms with E-state index in [1.807, 2.05) is 31.4 Å². The minimum atomic E-state index is -0.0221. The molecule has 0 spiro atoms. The summed E-state index contributed by atoms with van der Waals surface area (Å²) in [4.78, 5) is 11.1. The molecule has 0 radical (unpaired) electrons. The highest BCUT2D eigenvalue weighted by molar-refractivity contribution is 7.09. The fraction of sp³-hybridized carbons (Fsp3) is 0.400. The second-order valence-electron chi connectivity index (χ2n) is 5.08. The maximum absolute atomic E-state index is 9.11. The van der Waals surface area contributed by atoms with Crippen molar-refractivity contribution in [3.8, 4) is 6.07 Å². The highest BCUT2D eigenvalue weighted by Gasteiger charge is 2.25. The maximum Gasteiger partial charge on any atom is 0.145 e. The smallest absolute Gasteiger partial charge is 0.145 e. The van der Waals surface area contributed by atoms with Crippen LogP contribution in [0.15, 0.2) is 17.5 Å². The summed E-state index contributed by atoms with van der Waals surface area (Å²) in [5, 5.41) is 12.2. The molecule has 6 heteroatoms. The molecule has 3 rings (SSSR count). The summed E-state index contributed by atoms with van der Waals surface area (Å²) in [6.45, 7) is 6.02. The maximum atomic E-state index is 9.11. The molecular formula is C15H16N4OS. The molecule has 108 valence electrons. The van der Waals surface area contributed by atoms with E-state index in [2.05, 4.69) is 20.9 Å². The lowest BCUT2D eigenvalue weighted by Crippen LogP contribution is -2.38. The Hall–Kier alpha value is -1.97. The number of thiazole rings is 1. The first-order valence-electron chi connectivity index (χ1n) is 6.83. The molecule has 0 saturated carbocycles. The zero-order chi connectivity index (χ0) is 14.8. The number of pyridine rings is 1.